The molecular weight excluding hydrogens is 293 g/mol. The fourth-order valence-electron chi connectivity index (χ4n) is 2.03. The van der Waals surface area contributed by atoms with E-state index < -0.39 is 5.82 Å². The molecule has 1 N–H and O–H groups in total. The Balaban J connectivity index is 2.25. The molecule has 21 heavy (non-hydrogen) atoms. The van der Waals surface area contributed by atoms with Crippen LogP contribution in [0.5, 0.6) is 11.5 Å². The zero-order chi connectivity index (χ0) is 15.4. The van der Waals surface area contributed by atoms with Crippen LogP contribution in [0.2, 0.25) is 5.02 Å². The number of halogens is 2. The summed E-state index contributed by atoms with van der Waals surface area (Å²) in [5, 5.41) is 3.40. The molecule has 0 aromatic heterocycles. The Morgan fingerprint density at radius 1 is 1.10 bits per heavy atom. The first-order valence-electron chi connectivity index (χ1n) is 6.48. The van der Waals surface area contributed by atoms with Gasteiger partial charge in [0.2, 0.25) is 0 Å². The van der Waals surface area contributed by atoms with E-state index in [1.165, 1.54) is 6.07 Å². The molecule has 3 nitrogen and oxygen atoms in total. The standard InChI is InChI=1S/C16H17ClFNO2/c1-10(11-4-6-13(17)14(18)8-11)19-15-9-12(20-2)5-7-16(15)21-3/h4-10,19H,1-3H3. The molecule has 0 aliphatic carbocycles. The first-order chi connectivity index (χ1) is 10.0. The van der Waals surface area contributed by atoms with Crippen molar-refractivity contribution in [3.8, 4) is 11.5 Å². The lowest BCUT2D eigenvalue weighted by atomic mass is 10.1. The van der Waals surface area contributed by atoms with Gasteiger partial charge in [0.1, 0.15) is 17.3 Å². The molecule has 0 aliphatic heterocycles. The van der Waals surface area contributed by atoms with Gasteiger partial charge < -0.3 is 14.8 Å². The molecule has 0 amide bonds. The smallest absolute Gasteiger partial charge is 0.142 e. The molecule has 2 aromatic rings. The van der Waals surface area contributed by atoms with Gasteiger partial charge in [0.05, 0.1) is 24.9 Å². The van der Waals surface area contributed by atoms with Crippen LogP contribution in [0.15, 0.2) is 36.4 Å². The number of methoxy groups -OCH3 is 2. The zero-order valence-electron chi connectivity index (χ0n) is 12.1. The second kappa shape index (κ2) is 6.68. The summed E-state index contributed by atoms with van der Waals surface area (Å²) in [6.45, 7) is 1.93. The molecule has 0 heterocycles. The molecule has 0 fully saturated rings. The maximum absolute atomic E-state index is 13.5. The molecule has 0 spiro atoms. The molecule has 5 heteroatoms. The molecule has 1 unspecified atom stereocenters. The van der Waals surface area contributed by atoms with E-state index in [0.717, 1.165) is 11.3 Å². The molecule has 0 saturated heterocycles. The van der Waals surface area contributed by atoms with Crippen molar-refractivity contribution in [1.82, 2.24) is 0 Å². The summed E-state index contributed by atoms with van der Waals surface area (Å²) in [6, 6.07) is 10.1. The van der Waals surface area contributed by atoms with E-state index in [-0.39, 0.29) is 11.1 Å². The Labute approximate surface area is 128 Å². The van der Waals surface area contributed by atoms with Gasteiger partial charge in [-0.25, -0.2) is 4.39 Å². The summed E-state index contributed by atoms with van der Waals surface area (Å²) < 4.78 is 24.1. The van der Waals surface area contributed by atoms with Crippen LogP contribution in [0.1, 0.15) is 18.5 Å². The lowest BCUT2D eigenvalue weighted by Gasteiger charge is -2.19. The van der Waals surface area contributed by atoms with Crippen LogP contribution >= 0.6 is 11.6 Å². The van der Waals surface area contributed by atoms with Gasteiger partial charge in [-0.3, -0.25) is 0 Å². The Hall–Kier alpha value is -1.94. The minimum absolute atomic E-state index is 0.113. The maximum atomic E-state index is 13.5. The highest BCUT2D eigenvalue weighted by Crippen LogP contribution is 2.32. The van der Waals surface area contributed by atoms with E-state index in [1.807, 2.05) is 25.1 Å². The third-order valence-corrected chi connectivity index (χ3v) is 3.53. The second-order valence-electron chi connectivity index (χ2n) is 4.61. The molecule has 0 saturated carbocycles. The van der Waals surface area contributed by atoms with E-state index in [9.17, 15) is 4.39 Å². The number of nitrogens with one attached hydrogen (secondary N) is 1. The van der Waals surface area contributed by atoms with E-state index >= 15 is 0 Å². The predicted molar refractivity (Wildman–Crippen MR) is 83.0 cm³/mol. The Bertz CT molecular complexity index is 634. The lowest BCUT2D eigenvalue weighted by Crippen LogP contribution is -2.08. The fourth-order valence-corrected chi connectivity index (χ4v) is 2.14. The van der Waals surface area contributed by atoms with Crippen LogP contribution in [0.4, 0.5) is 10.1 Å². The normalized spacial score (nSPS) is 11.9. The van der Waals surface area contributed by atoms with Crippen LogP contribution in [0.3, 0.4) is 0 Å². The van der Waals surface area contributed by atoms with E-state index in [1.54, 1.807) is 26.4 Å². The van der Waals surface area contributed by atoms with Crippen molar-refractivity contribution in [1.29, 1.82) is 0 Å². The van der Waals surface area contributed by atoms with Crippen molar-refractivity contribution in [2.24, 2.45) is 0 Å². The molecular formula is C16H17ClFNO2. The van der Waals surface area contributed by atoms with Crippen LogP contribution in [-0.4, -0.2) is 14.2 Å². The minimum Gasteiger partial charge on any atom is -0.497 e. The number of hydrogen-bond acceptors (Lipinski definition) is 3. The molecule has 112 valence electrons. The molecule has 0 aliphatic rings. The third-order valence-electron chi connectivity index (χ3n) is 3.22. The van der Waals surface area contributed by atoms with Gasteiger partial charge >= 0.3 is 0 Å². The third kappa shape index (κ3) is 3.58. The minimum atomic E-state index is -0.430. The Kier molecular flexibility index (Phi) is 4.91. The molecule has 2 rings (SSSR count). The topological polar surface area (TPSA) is 30.5 Å². The first-order valence-corrected chi connectivity index (χ1v) is 6.86. The lowest BCUT2D eigenvalue weighted by molar-refractivity contribution is 0.404. The molecule has 1 atom stereocenters. The van der Waals surface area contributed by atoms with Gasteiger partial charge in [-0.05, 0) is 36.8 Å². The number of ether oxygens (including phenoxy) is 2. The SMILES string of the molecule is COc1ccc(OC)c(NC(C)c2ccc(Cl)c(F)c2)c1. The summed E-state index contributed by atoms with van der Waals surface area (Å²) in [6.07, 6.45) is 0. The van der Waals surface area contributed by atoms with Crippen molar-refractivity contribution in [2.45, 2.75) is 13.0 Å². The predicted octanol–water partition coefficient (Wildman–Crippen LogP) is 4.67. The van der Waals surface area contributed by atoms with Gasteiger partial charge in [-0.1, -0.05) is 17.7 Å². The fraction of sp³-hybridized carbons (Fsp3) is 0.250. The molecule has 0 bridgehead atoms. The number of hydrogen-bond donors (Lipinski definition) is 1. The van der Waals surface area contributed by atoms with Crippen LogP contribution in [0, 0.1) is 5.82 Å². The average molecular weight is 310 g/mol. The van der Waals surface area contributed by atoms with Crippen molar-refractivity contribution < 1.29 is 13.9 Å². The van der Waals surface area contributed by atoms with Crippen LogP contribution in [-0.2, 0) is 0 Å². The first kappa shape index (κ1) is 15.4. The van der Waals surface area contributed by atoms with E-state index in [2.05, 4.69) is 5.32 Å². The van der Waals surface area contributed by atoms with Crippen molar-refractivity contribution in [3.05, 3.63) is 52.8 Å². The quantitative estimate of drug-likeness (QED) is 0.870. The van der Waals surface area contributed by atoms with Gasteiger partial charge in [0.25, 0.3) is 0 Å². The van der Waals surface area contributed by atoms with Gasteiger partial charge in [-0.2, -0.15) is 0 Å². The summed E-state index contributed by atoms with van der Waals surface area (Å²) >= 11 is 5.70. The van der Waals surface area contributed by atoms with Crippen molar-refractivity contribution >= 4 is 17.3 Å². The van der Waals surface area contributed by atoms with Crippen LogP contribution < -0.4 is 14.8 Å². The van der Waals surface area contributed by atoms with Gasteiger partial charge in [-0.15, -0.1) is 0 Å². The highest BCUT2D eigenvalue weighted by Gasteiger charge is 2.12. The summed E-state index contributed by atoms with van der Waals surface area (Å²) in [5.74, 6) is 0.977. The average Bonchev–Trinajstić information content (AvgIpc) is 2.49. The summed E-state index contributed by atoms with van der Waals surface area (Å²) in [4.78, 5) is 0. The number of benzene rings is 2. The molecule has 2 aromatic carbocycles. The van der Waals surface area contributed by atoms with E-state index in [4.69, 9.17) is 21.1 Å². The van der Waals surface area contributed by atoms with Crippen molar-refractivity contribution in [3.63, 3.8) is 0 Å². The largest absolute Gasteiger partial charge is 0.497 e. The number of rotatable bonds is 5. The van der Waals surface area contributed by atoms with Crippen LogP contribution in [0.25, 0.3) is 0 Å². The van der Waals surface area contributed by atoms with Crippen molar-refractivity contribution in [2.75, 3.05) is 19.5 Å². The summed E-state index contributed by atoms with van der Waals surface area (Å²) in [7, 11) is 3.20. The Morgan fingerprint density at radius 3 is 2.48 bits per heavy atom. The Morgan fingerprint density at radius 2 is 1.86 bits per heavy atom. The maximum Gasteiger partial charge on any atom is 0.142 e. The molecule has 0 radical (unpaired) electrons. The van der Waals surface area contributed by atoms with E-state index in [0.29, 0.717) is 11.5 Å². The monoisotopic (exact) mass is 309 g/mol. The zero-order valence-corrected chi connectivity index (χ0v) is 12.9. The highest BCUT2D eigenvalue weighted by atomic mass is 35.5. The summed E-state index contributed by atoms with van der Waals surface area (Å²) in [5.41, 5.74) is 1.57. The number of anilines is 1. The second-order valence-corrected chi connectivity index (χ2v) is 5.01. The highest BCUT2D eigenvalue weighted by molar-refractivity contribution is 6.30. The van der Waals surface area contributed by atoms with Gasteiger partial charge in [0.15, 0.2) is 0 Å². The van der Waals surface area contributed by atoms with Gasteiger partial charge in [0, 0.05) is 12.1 Å².